The molecule has 2 aliphatic rings. The zero-order valence-corrected chi connectivity index (χ0v) is 12.7. The van der Waals surface area contributed by atoms with Crippen LogP contribution < -0.4 is 5.32 Å². The van der Waals surface area contributed by atoms with Crippen molar-refractivity contribution in [2.24, 2.45) is 5.92 Å². The SMILES string of the molecule is CC1CCC(CO)(NC(=O)CCC2CCCCO2)CC1. The standard InChI is InChI=1S/C16H29NO3/c1-13-7-9-16(12-18,10-8-13)17-15(19)6-5-14-4-2-3-11-20-14/h13-14,18H,2-12H2,1H3,(H,17,19). The molecule has 1 aliphatic heterocycles. The predicted octanol–water partition coefficient (Wildman–Crippen LogP) is 2.39. The van der Waals surface area contributed by atoms with E-state index in [9.17, 15) is 9.90 Å². The number of carbonyl (C=O) groups is 1. The molecule has 0 radical (unpaired) electrons. The highest BCUT2D eigenvalue weighted by Crippen LogP contribution is 2.31. The van der Waals surface area contributed by atoms with Gasteiger partial charge in [0.1, 0.15) is 0 Å². The molecule has 0 aromatic heterocycles. The Kier molecular flexibility index (Phi) is 5.85. The van der Waals surface area contributed by atoms with E-state index in [1.807, 2.05) is 0 Å². The van der Waals surface area contributed by atoms with Crippen LogP contribution in [-0.2, 0) is 9.53 Å². The van der Waals surface area contributed by atoms with Gasteiger partial charge in [-0.05, 0) is 57.3 Å². The lowest BCUT2D eigenvalue weighted by molar-refractivity contribution is -0.125. The lowest BCUT2D eigenvalue weighted by Gasteiger charge is -2.39. The van der Waals surface area contributed by atoms with Crippen molar-refractivity contribution in [3.8, 4) is 0 Å². The molecule has 1 saturated carbocycles. The first-order chi connectivity index (χ1) is 9.63. The van der Waals surface area contributed by atoms with Gasteiger partial charge in [-0.15, -0.1) is 0 Å². The van der Waals surface area contributed by atoms with Gasteiger partial charge >= 0.3 is 0 Å². The Balaban J connectivity index is 1.74. The van der Waals surface area contributed by atoms with Crippen LogP contribution in [0.1, 0.15) is 64.7 Å². The summed E-state index contributed by atoms with van der Waals surface area (Å²) in [6, 6.07) is 0. The van der Waals surface area contributed by atoms with E-state index in [-0.39, 0.29) is 24.2 Å². The third-order valence-corrected chi connectivity index (χ3v) is 4.91. The van der Waals surface area contributed by atoms with Crippen molar-refractivity contribution in [2.75, 3.05) is 13.2 Å². The summed E-state index contributed by atoms with van der Waals surface area (Å²) in [5, 5.41) is 12.8. The van der Waals surface area contributed by atoms with E-state index in [0.29, 0.717) is 12.3 Å². The Bertz CT molecular complexity index is 305. The Morgan fingerprint density at radius 2 is 2.05 bits per heavy atom. The van der Waals surface area contributed by atoms with Crippen molar-refractivity contribution in [3.05, 3.63) is 0 Å². The molecule has 1 amide bonds. The zero-order valence-electron chi connectivity index (χ0n) is 12.7. The molecule has 0 bridgehead atoms. The maximum absolute atomic E-state index is 12.1. The summed E-state index contributed by atoms with van der Waals surface area (Å²) in [7, 11) is 0. The number of carbonyl (C=O) groups excluding carboxylic acids is 1. The molecule has 4 nitrogen and oxygen atoms in total. The van der Waals surface area contributed by atoms with Crippen LogP contribution in [0, 0.1) is 5.92 Å². The Labute approximate surface area is 122 Å². The van der Waals surface area contributed by atoms with Crippen molar-refractivity contribution in [2.45, 2.75) is 76.4 Å². The van der Waals surface area contributed by atoms with E-state index in [4.69, 9.17) is 4.74 Å². The molecule has 0 aromatic rings. The van der Waals surface area contributed by atoms with Crippen LogP contribution in [0.2, 0.25) is 0 Å². The van der Waals surface area contributed by atoms with E-state index in [0.717, 1.165) is 51.6 Å². The molecule has 4 heteroatoms. The minimum Gasteiger partial charge on any atom is -0.394 e. The van der Waals surface area contributed by atoms with Gasteiger partial charge in [-0.1, -0.05) is 6.92 Å². The van der Waals surface area contributed by atoms with E-state index in [1.54, 1.807) is 0 Å². The molecule has 1 atom stereocenters. The van der Waals surface area contributed by atoms with Crippen LogP contribution in [-0.4, -0.2) is 35.9 Å². The number of hydrogen-bond acceptors (Lipinski definition) is 3. The van der Waals surface area contributed by atoms with Gasteiger partial charge < -0.3 is 15.2 Å². The van der Waals surface area contributed by atoms with Gasteiger partial charge in [0.2, 0.25) is 5.91 Å². The normalized spacial score (nSPS) is 34.7. The predicted molar refractivity (Wildman–Crippen MR) is 78.4 cm³/mol. The summed E-state index contributed by atoms with van der Waals surface area (Å²) in [4.78, 5) is 12.1. The third-order valence-electron chi connectivity index (χ3n) is 4.91. The largest absolute Gasteiger partial charge is 0.394 e. The molecule has 2 fully saturated rings. The maximum Gasteiger partial charge on any atom is 0.220 e. The van der Waals surface area contributed by atoms with E-state index in [2.05, 4.69) is 12.2 Å². The monoisotopic (exact) mass is 283 g/mol. The van der Waals surface area contributed by atoms with E-state index < -0.39 is 0 Å². The highest BCUT2D eigenvalue weighted by Gasteiger charge is 2.34. The summed E-state index contributed by atoms with van der Waals surface area (Å²) in [5.74, 6) is 0.782. The summed E-state index contributed by atoms with van der Waals surface area (Å²) in [6.07, 6.45) is 9.00. The van der Waals surface area contributed by atoms with Crippen LogP contribution in [0.15, 0.2) is 0 Å². The first-order valence-corrected chi connectivity index (χ1v) is 8.17. The molecule has 1 aliphatic carbocycles. The molecule has 1 heterocycles. The number of aliphatic hydroxyl groups is 1. The second kappa shape index (κ2) is 7.41. The van der Waals surface area contributed by atoms with Crippen LogP contribution in [0.3, 0.4) is 0 Å². The minimum absolute atomic E-state index is 0.0609. The van der Waals surface area contributed by atoms with Crippen molar-refractivity contribution in [3.63, 3.8) is 0 Å². The molecule has 2 N–H and O–H groups in total. The van der Waals surface area contributed by atoms with Crippen molar-refractivity contribution < 1.29 is 14.6 Å². The van der Waals surface area contributed by atoms with E-state index in [1.165, 1.54) is 6.42 Å². The maximum atomic E-state index is 12.1. The van der Waals surface area contributed by atoms with Gasteiger partial charge in [0.05, 0.1) is 18.2 Å². The van der Waals surface area contributed by atoms with Crippen LogP contribution in [0.4, 0.5) is 0 Å². The molecular weight excluding hydrogens is 254 g/mol. The number of hydrogen-bond donors (Lipinski definition) is 2. The fourth-order valence-corrected chi connectivity index (χ4v) is 3.32. The van der Waals surface area contributed by atoms with Gasteiger partial charge in [0.15, 0.2) is 0 Å². The molecule has 2 rings (SSSR count). The molecular formula is C16H29NO3. The van der Waals surface area contributed by atoms with Crippen LogP contribution >= 0.6 is 0 Å². The lowest BCUT2D eigenvalue weighted by atomic mass is 9.77. The average molecular weight is 283 g/mol. The van der Waals surface area contributed by atoms with Crippen LogP contribution in [0.5, 0.6) is 0 Å². The van der Waals surface area contributed by atoms with Gasteiger partial charge in [-0.25, -0.2) is 0 Å². The molecule has 0 spiro atoms. The summed E-state index contributed by atoms with van der Waals surface area (Å²) < 4.78 is 5.65. The van der Waals surface area contributed by atoms with Gasteiger partial charge in [-0.2, -0.15) is 0 Å². The second-order valence-corrected chi connectivity index (χ2v) is 6.70. The first-order valence-electron chi connectivity index (χ1n) is 8.17. The third kappa shape index (κ3) is 4.45. The van der Waals surface area contributed by atoms with E-state index >= 15 is 0 Å². The fraction of sp³-hybridized carbons (Fsp3) is 0.938. The number of rotatable bonds is 5. The first kappa shape index (κ1) is 15.8. The second-order valence-electron chi connectivity index (χ2n) is 6.70. The highest BCUT2D eigenvalue weighted by atomic mass is 16.5. The molecule has 20 heavy (non-hydrogen) atoms. The Hall–Kier alpha value is -0.610. The Morgan fingerprint density at radius 3 is 2.65 bits per heavy atom. The van der Waals surface area contributed by atoms with Gasteiger partial charge in [0, 0.05) is 13.0 Å². The van der Waals surface area contributed by atoms with Crippen molar-refractivity contribution in [1.82, 2.24) is 5.32 Å². The topological polar surface area (TPSA) is 58.6 Å². The molecule has 0 aromatic carbocycles. The number of amides is 1. The molecule has 1 saturated heterocycles. The van der Waals surface area contributed by atoms with Crippen LogP contribution in [0.25, 0.3) is 0 Å². The van der Waals surface area contributed by atoms with Crippen molar-refractivity contribution in [1.29, 1.82) is 0 Å². The highest BCUT2D eigenvalue weighted by molar-refractivity contribution is 5.76. The number of nitrogens with one attached hydrogen (secondary N) is 1. The Morgan fingerprint density at radius 1 is 1.30 bits per heavy atom. The summed E-state index contributed by atoms with van der Waals surface area (Å²) in [6.45, 7) is 3.14. The average Bonchev–Trinajstić information content (AvgIpc) is 2.49. The minimum atomic E-state index is -0.364. The zero-order chi connectivity index (χ0) is 14.4. The molecule has 116 valence electrons. The lowest BCUT2D eigenvalue weighted by Crippen LogP contribution is -2.53. The number of ether oxygens (including phenoxy) is 1. The fourth-order valence-electron chi connectivity index (χ4n) is 3.32. The van der Waals surface area contributed by atoms with Gasteiger partial charge in [0.25, 0.3) is 0 Å². The number of aliphatic hydroxyl groups excluding tert-OH is 1. The molecule has 1 unspecified atom stereocenters. The summed E-state index contributed by atoms with van der Waals surface area (Å²) in [5.41, 5.74) is -0.364. The smallest absolute Gasteiger partial charge is 0.220 e. The van der Waals surface area contributed by atoms with Crippen molar-refractivity contribution >= 4 is 5.91 Å². The summed E-state index contributed by atoms with van der Waals surface area (Å²) >= 11 is 0. The quantitative estimate of drug-likeness (QED) is 0.814. The van der Waals surface area contributed by atoms with Gasteiger partial charge in [-0.3, -0.25) is 4.79 Å².